The lowest BCUT2D eigenvalue weighted by atomic mass is 9.72. The molecule has 0 bridgehead atoms. The molecule has 5 aliphatic rings. The second-order valence-corrected chi connectivity index (χ2v) is 36.7. The van der Waals surface area contributed by atoms with Crippen molar-refractivity contribution in [2.45, 2.75) is 150 Å². The zero-order valence-electron chi connectivity index (χ0n) is 61.8. The molecule has 3 amide bonds. The summed E-state index contributed by atoms with van der Waals surface area (Å²) in [5.74, 6) is -3.50. The van der Waals surface area contributed by atoms with Gasteiger partial charge in [-0.25, -0.2) is 26.5 Å². The first kappa shape index (κ1) is 81.2. The van der Waals surface area contributed by atoms with Crippen LogP contribution in [0.2, 0.25) is 5.02 Å². The number of alkyl halides is 3. The van der Waals surface area contributed by atoms with E-state index >= 15 is 0 Å². The number of aliphatic hydroxyl groups excluding tert-OH is 1. The molecule has 5 aromatic carbocycles. The van der Waals surface area contributed by atoms with Crippen LogP contribution in [0.1, 0.15) is 125 Å². The lowest BCUT2D eigenvalue weighted by molar-refractivity contribution is -0.138. The van der Waals surface area contributed by atoms with Crippen LogP contribution in [0.15, 0.2) is 141 Å². The Morgan fingerprint density at radius 2 is 1.48 bits per heavy atom. The van der Waals surface area contributed by atoms with Gasteiger partial charge in [-0.15, -0.1) is 23.1 Å². The number of carbonyl (C=O) groups is 4. The quantitative estimate of drug-likeness (QED) is 0.0208. The van der Waals surface area contributed by atoms with Crippen molar-refractivity contribution < 1.29 is 63.8 Å². The number of rotatable bonds is 30. The summed E-state index contributed by atoms with van der Waals surface area (Å²) in [4.78, 5) is 68.8. The number of aliphatic hydroxyl groups is 1. The molecule has 2 saturated heterocycles. The normalized spacial score (nSPS) is 20.5. The molecule has 0 spiro atoms. The SMILES string of the molecule is Cc1ncsc1-c1ccc([C@H](C)NC(=O)[C@@H]2C[C@@H](O)CC2C(=O)[C@@H](NC(=O)COCCOCCN2CCN(CC[C@H](CSc3ccccc3)Nc3ccc(S(=O)(=O)NC(=O)c4ccc5c(c4)CCC4CN(CC6=C(c7ccc(Cl)cc7)CCC(C)(C)C6)CCN54)cc3S(=O)(=O)C(F)(F)F)CC2)C(C)(C)C)cc1. The minimum absolute atomic E-state index is 0.0273. The summed E-state index contributed by atoms with van der Waals surface area (Å²) in [6, 6.07) is 31.0. The maximum absolute atomic E-state index is 14.7. The predicted octanol–water partition coefficient (Wildman–Crippen LogP) is 12.3. The Bertz CT molecular complexity index is 4380. The number of piperazine rings is 2. The molecular formula is C79H99ClF3N9O11S4. The van der Waals surface area contributed by atoms with Crippen molar-refractivity contribution in [2.24, 2.45) is 22.7 Å². The first-order valence-corrected chi connectivity index (χ1v) is 42.0. The summed E-state index contributed by atoms with van der Waals surface area (Å²) in [6.45, 7) is 21.3. The van der Waals surface area contributed by atoms with E-state index in [0.717, 1.165) is 102 Å². The Hall–Kier alpha value is -6.76. The van der Waals surface area contributed by atoms with Gasteiger partial charge in [0, 0.05) is 110 Å². The van der Waals surface area contributed by atoms with Gasteiger partial charge in [0.2, 0.25) is 11.8 Å². The molecular weight excluding hydrogens is 1470 g/mol. The van der Waals surface area contributed by atoms with E-state index in [1.54, 1.807) is 22.9 Å². The van der Waals surface area contributed by atoms with Crippen LogP contribution in [0.25, 0.3) is 16.0 Å². The lowest BCUT2D eigenvalue weighted by Gasteiger charge is -2.47. The first-order valence-electron chi connectivity index (χ1n) is 36.8. The molecule has 3 fully saturated rings. The van der Waals surface area contributed by atoms with Crippen molar-refractivity contribution >= 4 is 95.0 Å². The predicted molar refractivity (Wildman–Crippen MR) is 414 cm³/mol. The number of amides is 3. The van der Waals surface area contributed by atoms with Gasteiger partial charge in [0.1, 0.15) is 11.5 Å². The number of hydrogen-bond acceptors (Lipinski definition) is 19. The van der Waals surface area contributed by atoms with Gasteiger partial charge >= 0.3 is 5.51 Å². The Morgan fingerprint density at radius 1 is 0.794 bits per heavy atom. The Kier molecular flexibility index (Phi) is 26.6. The van der Waals surface area contributed by atoms with E-state index < -0.39 is 88.1 Å². The molecule has 5 N–H and O–H groups in total. The van der Waals surface area contributed by atoms with Crippen LogP contribution in [-0.2, 0) is 50.1 Å². The molecule has 2 aliphatic carbocycles. The number of Topliss-reactive ketones (excluding diaryl/α,β-unsaturated/α-hetero) is 1. The minimum atomic E-state index is -6.16. The number of sulfonamides is 1. The molecule has 3 aliphatic heterocycles. The van der Waals surface area contributed by atoms with Crippen LogP contribution in [0.3, 0.4) is 0 Å². The topological polar surface area (TPSA) is 249 Å². The highest BCUT2D eigenvalue weighted by Gasteiger charge is 2.50. The van der Waals surface area contributed by atoms with Crippen molar-refractivity contribution in [3.63, 3.8) is 0 Å². The zero-order valence-corrected chi connectivity index (χ0v) is 65.8. The summed E-state index contributed by atoms with van der Waals surface area (Å²) in [7, 11) is -11.1. The molecule has 20 nitrogen and oxygen atoms in total. The van der Waals surface area contributed by atoms with Gasteiger partial charge in [-0.3, -0.25) is 29.0 Å². The summed E-state index contributed by atoms with van der Waals surface area (Å²) in [5.41, 5.74) is 3.76. The first-order chi connectivity index (χ1) is 50.8. The molecule has 1 saturated carbocycles. The number of benzene rings is 5. The fraction of sp³-hybridized carbons (Fsp3) is 0.506. The summed E-state index contributed by atoms with van der Waals surface area (Å²) in [6.07, 6.45) is 4.27. The summed E-state index contributed by atoms with van der Waals surface area (Å²) < 4.78 is 113. The standard InChI is InChI=1S/C79H99ClF3N9O11S4/c1-51(53-13-15-55(16-14-53)73-52(2)84-50-105-73)85-76(97)67-43-62(93)42-66(67)72(95)74(77(3,4)5)87-71(94)48-103-40-39-102-38-37-90-33-31-89(32-34-90)30-28-60(49-104-63-11-9-8-10-12-63)86-68-25-24-64(44-70(68)106(98,99)79(81,82)83)107(100,101)88-75(96)57-20-26-69-56(41-57)19-23-61-47-91(35-36-92(61)69)46-58-45-78(6,7)29-27-65(58)54-17-21-59(80)22-18-54/h8-18,20-22,24-26,41,44,50-51,60-62,66-67,74,86,93H,19,23,27-40,42-43,45-49H2,1-7H3,(H,85,97)(H,87,94)(H,88,96)/t51-,60+,61?,62-,66?,67+,74+/m0/s1. The Labute approximate surface area is 640 Å². The van der Waals surface area contributed by atoms with Gasteiger partial charge in [0.05, 0.1) is 70.6 Å². The molecule has 578 valence electrons. The van der Waals surface area contributed by atoms with Crippen molar-refractivity contribution in [3.05, 3.63) is 159 Å². The Balaban J connectivity index is 0.638. The Morgan fingerprint density at radius 3 is 2.17 bits per heavy atom. The van der Waals surface area contributed by atoms with Gasteiger partial charge in [0.15, 0.2) is 5.78 Å². The highest BCUT2D eigenvalue weighted by atomic mass is 35.5. The van der Waals surface area contributed by atoms with Gasteiger partial charge in [-0.1, -0.05) is 106 Å². The number of aryl methyl sites for hydroxylation is 2. The molecule has 2 unspecified atom stereocenters. The number of aromatic nitrogens is 1. The summed E-state index contributed by atoms with van der Waals surface area (Å²) >= 11 is 9.25. The van der Waals surface area contributed by atoms with E-state index in [2.05, 4.69) is 66.5 Å². The number of fused-ring (bicyclic) bond motifs is 3. The maximum Gasteiger partial charge on any atom is 0.501 e. The number of nitrogens with zero attached hydrogens (tertiary/aromatic N) is 5. The van der Waals surface area contributed by atoms with E-state index in [-0.39, 0.29) is 67.4 Å². The smallest absolute Gasteiger partial charge is 0.393 e. The fourth-order valence-corrected chi connectivity index (χ4v) is 19.3. The number of ether oxygens (including phenoxy) is 2. The number of thiazole rings is 1. The third kappa shape index (κ3) is 20.8. The molecule has 11 rings (SSSR count). The van der Waals surface area contributed by atoms with Gasteiger partial charge in [0.25, 0.3) is 25.8 Å². The van der Waals surface area contributed by atoms with E-state index in [0.29, 0.717) is 75.6 Å². The average Bonchev–Trinajstić information content (AvgIpc) is 1.36. The molecule has 4 heterocycles. The number of hydrogen-bond donors (Lipinski definition) is 5. The van der Waals surface area contributed by atoms with E-state index in [4.69, 9.17) is 21.1 Å². The van der Waals surface area contributed by atoms with E-state index in [1.165, 1.54) is 34.5 Å². The number of carbonyl (C=O) groups excluding carboxylic acids is 4. The number of allylic oxidation sites excluding steroid dienone is 1. The number of sulfone groups is 1. The monoisotopic (exact) mass is 1570 g/mol. The molecule has 107 heavy (non-hydrogen) atoms. The lowest BCUT2D eigenvalue weighted by Crippen LogP contribution is -2.55. The van der Waals surface area contributed by atoms with Gasteiger partial charge in [-0.2, -0.15) is 13.2 Å². The van der Waals surface area contributed by atoms with Crippen LogP contribution in [0.5, 0.6) is 0 Å². The maximum atomic E-state index is 14.7. The van der Waals surface area contributed by atoms with Crippen LogP contribution < -0.4 is 25.6 Å². The number of halogens is 4. The number of thioether (sulfide) groups is 1. The molecule has 0 radical (unpaired) electrons. The third-order valence-corrected chi connectivity index (χ3v) is 26.5. The van der Waals surface area contributed by atoms with Crippen LogP contribution in [0, 0.1) is 29.6 Å². The largest absolute Gasteiger partial charge is 0.501 e. The molecule has 6 aromatic rings. The van der Waals surface area contributed by atoms with Crippen LogP contribution >= 0.6 is 34.7 Å². The number of ketones is 1. The van der Waals surface area contributed by atoms with E-state index in [9.17, 15) is 54.3 Å². The molecule has 28 heteroatoms. The zero-order chi connectivity index (χ0) is 76.6. The molecule has 1 aromatic heterocycles. The van der Waals surface area contributed by atoms with Gasteiger partial charge < -0.3 is 40.3 Å². The third-order valence-electron chi connectivity index (χ3n) is 21.3. The van der Waals surface area contributed by atoms with Crippen molar-refractivity contribution in [1.82, 2.24) is 35.0 Å². The van der Waals surface area contributed by atoms with E-state index in [1.807, 2.05) is 112 Å². The van der Waals surface area contributed by atoms with Crippen LogP contribution in [0.4, 0.5) is 24.5 Å². The second-order valence-electron chi connectivity index (χ2n) is 30.8. The van der Waals surface area contributed by atoms with Crippen molar-refractivity contribution in [2.75, 3.05) is 108 Å². The van der Waals surface area contributed by atoms with Crippen LogP contribution in [-0.4, -0.2) is 192 Å². The summed E-state index contributed by atoms with van der Waals surface area (Å²) in [5, 5.41) is 20.5. The molecule has 7 atom stereocenters. The number of nitrogens with one attached hydrogen (secondary N) is 4. The number of anilines is 2. The minimum Gasteiger partial charge on any atom is -0.393 e. The highest BCUT2D eigenvalue weighted by Crippen LogP contribution is 2.45. The van der Waals surface area contributed by atoms with Crippen molar-refractivity contribution in [1.29, 1.82) is 0 Å². The van der Waals surface area contributed by atoms with Crippen molar-refractivity contribution in [3.8, 4) is 10.4 Å². The highest BCUT2D eigenvalue weighted by molar-refractivity contribution is 7.99. The second kappa shape index (κ2) is 35.1. The van der Waals surface area contributed by atoms with Gasteiger partial charge in [-0.05, 0) is 165 Å². The average molecular weight is 1570 g/mol. The fourth-order valence-electron chi connectivity index (χ4n) is 15.3.